The number of nitrogens with zero attached hydrogens (tertiary/aromatic N) is 1. The van der Waals surface area contributed by atoms with Crippen molar-refractivity contribution in [2.24, 2.45) is 0 Å². The number of non-ortho nitro benzene ring substituents is 1. The van der Waals surface area contributed by atoms with E-state index in [1.54, 1.807) is 6.07 Å². The minimum atomic E-state index is -2.98. The zero-order chi connectivity index (χ0) is 14.3. The third kappa shape index (κ3) is 1.93. The number of hydrogen-bond acceptors (Lipinski definition) is 4. The molecule has 0 aliphatic carbocycles. The molecule has 0 N–H and O–H groups in total. The first-order valence-electron chi connectivity index (χ1n) is 5.61. The van der Waals surface area contributed by atoms with E-state index in [9.17, 15) is 18.9 Å². The van der Waals surface area contributed by atoms with Crippen LogP contribution in [0.2, 0.25) is 0 Å². The Morgan fingerprint density at radius 1 is 1.20 bits per heavy atom. The minimum Gasteiger partial charge on any atom is -0.456 e. The van der Waals surface area contributed by atoms with E-state index < -0.39 is 11.5 Å². The highest BCUT2D eigenvalue weighted by molar-refractivity contribution is 6.08. The number of alkyl halides is 2. The van der Waals surface area contributed by atoms with Crippen molar-refractivity contribution in [1.29, 1.82) is 0 Å². The molecule has 0 fully saturated rings. The van der Waals surface area contributed by atoms with E-state index in [1.807, 2.05) is 0 Å². The third-order valence-electron chi connectivity index (χ3n) is 2.87. The Hall–Kier alpha value is -2.70. The molecule has 102 valence electrons. The average Bonchev–Trinajstić information content (AvgIpc) is 2.76. The molecule has 0 saturated heterocycles. The summed E-state index contributed by atoms with van der Waals surface area (Å²) in [7, 11) is 0. The van der Waals surface area contributed by atoms with E-state index in [2.05, 4.69) is 4.74 Å². The van der Waals surface area contributed by atoms with E-state index in [-0.39, 0.29) is 11.4 Å². The summed E-state index contributed by atoms with van der Waals surface area (Å²) in [5.74, 6) is -0.0725. The molecule has 1 heterocycles. The van der Waals surface area contributed by atoms with Gasteiger partial charge >= 0.3 is 6.61 Å². The van der Waals surface area contributed by atoms with E-state index in [1.165, 1.54) is 30.3 Å². The van der Waals surface area contributed by atoms with Gasteiger partial charge in [0.05, 0.1) is 10.3 Å². The number of benzene rings is 2. The van der Waals surface area contributed by atoms with Crippen molar-refractivity contribution in [3.8, 4) is 5.75 Å². The van der Waals surface area contributed by atoms with Crippen molar-refractivity contribution in [1.82, 2.24) is 0 Å². The molecule has 7 heteroatoms. The topological polar surface area (TPSA) is 65.5 Å². The smallest absolute Gasteiger partial charge is 0.387 e. The number of nitro groups is 1. The number of rotatable bonds is 3. The van der Waals surface area contributed by atoms with Crippen LogP contribution in [0.4, 0.5) is 14.5 Å². The molecule has 0 aliphatic heterocycles. The molecule has 2 aromatic carbocycles. The van der Waals surface area contributed by atoms with Gasteiger partial charge in [0.15, 0.2) is 0 Å². The van der Waals surface area contributed by atoms with E-state index in [4.69, 9.17) is 4.42 Å². The molecule has 1 aromatic heterocycles. The standard InChI is InChI=1S/C13H7F2NO4/c14-13(15)20-11-3-1-2-10-12(11)8-6-7(16(17)18)4-5-9(8)19-10/h1-6,13H. The fourth-order valence-electron chi connectivity index (χ4n) is 2.09. The van der Waals surface area contributed by atoms with Crippen LogP contribution in [0.5, 0.6) is 5.75 Å². The van der Waals surface area contributed by atoms with Gasteiger partial charge in [-0.3, -0.25) is 10.1 Å². The maximum absolute atomic E-state index is 12.4. The van der Waals surface area contributed by atoms with Crippen molar-refractivity contribution in [2.45, 2.75) is 6.61 Å². The van der Waals surface area contributed by atoms with Crippen molar-refractivity contribution >= 4 is 27.6 Å². The maximum atomic E-state index is 12.4. The van der Waals surface area contributed by atoms with E-state index in [0.29, 0.717) is 21.9 Å². The van der Waals surface area contributed by atoms with Crippen LogP contribution in [-0.4, -0.2) is 11.5 Å². The number of halogens is 2. The van der Waals surface area contributed by atoms with Crippen LogP contribution in [0.3, 0.4) is 0 Å². The molecule has 0 aliphatic rings. The molecule has 20 heavy (non-hydrogen) atoms. The molecule has 0 unspecified atom stereocenters. The predicted molar refractivity (Wildman–Crippen MR) is 67.0 cm³/mol. The lowest BCUT2D eigenvalue weighted by Gasteiger charge is -2.04. The van der Waals surface area contributed by atoms with Crippen LogP contribution in [-0.2, 0) is 0 Å². The summed E-state index contributed by atoms with van der Waals surface area (Å²) < 4.78 is 34.7. The quantitative estimate of drug-likeness (QED) is 0.535. The second-order valence-corrected chi connectivity index (χ2v) is 4.05. The Kier molecular flexibility index (Phi) is 2.74. The number of nitro benzene ring substituents is 1. The molecular weight excluding hydrogens is 272 g/mol. The lowest BCUT2D eigenvalue weighted by molar-refractivity contribution is -0.384. The molecule has 0 saturated carbocycles. The van der Waals surface area contributed by atoms with Crippen molar-refractivity contribution in [2.75, 3.05) is 0 Å². The van der Waals surface area contributed by atoms with Crippen LogP contribution >= 0.6 is 0 Å². The zero-order valence-corrected chi connectivity index (χ0v) is 9.88. The number of furan rings is 1. The van der Waals surface area contributed by atoms with Crippen LogP contribution in [0.15, 0.2) is 40.8 Å². The molecule has 0 amide bonds. The Morgan fingerprint density at radius 3 is 2.70 bits per heavy atom. The van der Waals surface area contributed by atoms with Gasteiger partial charge in [0.1, 0.15) is 16.9 Å². The summed E-state index contributed by atoms with van der Waals surface area (Å²) in [5.41, 5.74) is 0.557. The van der Waals surface area contributed by atoms with E-state index >= 15 is 0 Å². The summed E-state index contributed by atoms with van der Waals surface area (Å²) in [6.45, 7) is -2.98. The third-order valence-corrected chi connectivity index (χ3v) is 2.87. The molecular formula is C13H7F2NO4. The highest BCUT2D eigenvalue weighted by Gasteiger charge is 2.17. The van der Waals surface area contributed by atoms with Gasteiger partial charge < -0.3 is 9.15 Å². The van der Waals surface area contributed by atoms with Gasteiger partial charge in [-0.05, 0) is 18.2 Å². The second-order valence-electron chi connectivity index (χ2n) is 4.05. The molecule has 0 atom stereocenters. The lowest BCUT2D eigenvalue weighted by Crippen LogP contribution is -2.01. The predicted octanol–water partition coefficient (Wildman–Crippen LogP) is 4.10. The van der Waals surface area contributed by atoms with Gasteiger partial charge in [-0.1, -0.05) is 6.07 Å². The summed E-state index contributed by atoms with van der Waals surface area (Å²) in [6.07, 6.45) is 0. The minimum absolute atomic E-state index is 0.0725. The van der Waals surface area contributed by atoms with Gasteiger partial charge in [0, 0.05) is 17.5 Å². The summed E-state index contributed by atoms with van der Waals surface area (Å²) in [5, 5.41) is 11.5. The van der Waals surface area contributed by atoms with Gasteiger partial charge in [0.2, 0.25) is 0 Å². The summed E-state index contributed by atoms with van der Waals surface area (Å²) >= 11 is 0. The molecule has 0 bridgehead atoms. The SMILES string of the molecule is O=[N+]([O-])c1ccc2oc3cccc(OC(F)F)c3c2c1. The van der Waals surface area contributed by atoms with Crippen molar-refractivity contribution in [3.63, 3.8) is 0 Å². The Bertz CT molecular complexity index is 813. The first-order chi connectivity index (χ1) is 9.56. The van der Waals surface area contributed by atoms with Crippen LogP contribution in [0.1, 0.15) is 0 Å². The van der Waals surface area contributed by atoms with Crippen LogP contribution in [0, 0.1) is 10.1 Å². The first kappa shape index (κ1) is 12.3. The highest BCUT2D eigenvalue weighted by atomic mass is 19.3. The number of fused-ring (bicyclic) bond motifs is 3. The Labute approximate surface area is 110 Å². The fraction of sp³-hybridized carbons (Fsp3) is 0.0769. The zero-order valence-electron chi connectivity index (χ0n) is 9.88. The Balaban J connectivity index is 2.33. The van der Waals surface area contributed by atoms with Gasteiger partial charge in [-0.2, -0.15) is 8.78 Å². The summed E-state index contributed by atoms with van der Waals surface area (Å²) in [6, 6.07) is 8.45. The van der Waals surface area contributed by atoms with Crippen molar-refractivity contribution < 1.29 is 22.9 Å². The molecule has 5 nitrogen and oxygen atoms in total. The van der Waals surface area contributed by atoms with Crippen LogP contribution in [0.25, 0.3) is 21.9 Å². The normalized spacial score (nSPS) is 11.3. The molecule has 3 aromatic rings. The number of ether oxygens (including phenoxy) is 1. The number of hydrogen-bond donors (Lipinski definition) is 0. The molecule has 0 spiro atoms. The van der Waals surface area contributed by atoms with Gasteiger partial charge in [0.25, 0.3) is 5.69 Å². The van der Waals surface area contributed by atoms with Crippen molar-refractivity contribution in [3.05, 3.63) is 46.5 Å². The van der Waals surface area contributed by atoms with Gasteiger partial charge in [-0.25, -0.2) is 0 Å². The first-order valence-corrected chi connectivity index (χ1v) is 5.61. The fourth-order valence-corrected chi connectivity index (χ4v) is 2.09. The molecule has 0 radical (unpaired) electrons. The Morgan fingerprint density at radius 2 is 2.00 bits per heavy atom. The monoisotopic (exact) mass is 279 g/mol. The maximum Gasteiger partial charge on any atom is 0.387 e. The van der Waals surface area contributed by atoms with Crippen LogP contribution < -0.4 is 4.74 Å². The largest absolute Gasteiger partial charge is 0.456 e. The molecule has 3 rings (SSSR count). The second kappa shape index (κ2) is 4.44. The van der Waals surface area contributed by atoms with Gasteiger partial charge in [-0.15, -0.1) is 0 Å². The lowest BCUT2D eigenvalue weighted by atomic mass is 10.1. The van der Waals surface area contributed by atoms with E-state index in [0.717, 1.165) is 0 Å². The highest BCUT2D eigenvalue weighted by Crippen LogP contribution is 2.37. The summed E-state index contributed by atoms with van der Waals surface area (Å²) in [4.78, 5) is 10.2. The average molecular weight is 279 g/mol.